The minimum absolute atomic E-state index is 0.00634. The van der Waals surface area contributed by atoms with E-state index in [0.717, 1.165) is 26.2 Å². The van der Waals surface area contributed by atoms with Gasteiger partial charge in [0, 0.05) is 37.2 Å². The summed E-state index contributed by atoms with van der Waals surface area (Å²) in [6.07, 6.45) is 3.99. The van der Waals surface area contributed by atoms with Gasteiger partial charge in [-0.2, -0.15) is 5.10 Å². The van der Waals surface area contributed by atoms with Crippen molar-refractivity contribution in [2.75, 3.05) is 32.7 Å². The topological polar surface area (TPSA) is 81.3 Å². The van der Waals surface area contributed by atoms with Crippen molar-refractivity contribution in [2.45, 2.75) is 18.9 Å². The lowest BCUT2D eigenvalue weighted by Gasteiger charge is -2.20. The maximum atomic E-state index is 12.2. The Labute approximate surface area is 129 Å². The lowest BCUT2D eigenvalue weighted by atomic mass is 10.3. The molecule has 2 atom stereocenters. The van der Waals surface area contributed by atoms with Crippen LogP contribution in [0.5, 0.6) is 0 Å². The van der Waals surface area contributed by atoms with Crippen molar-refractivity contribution in [2.24, 2.45) is 11.8 Å². The summed E-state index contributed by atoms with van der Waals surface area (Å²) in [7, 11) is 0. The van der Waals surface area contributed by atoms with E-state index >= 15 is 0 Å². The number of likely N-dealkylation sites (tertiary alicyclic amines) is 2. The fourth-order valence-corrected chi connectivity index (χ4v) is 3.83. The molecular formula is C15H21N5O2. The molecule has 0 unspecified atom stereocenters. The molecule has 4 rings (SSSR count). The molecule has 1 aromatic heterocycles. The summed E-state index contributed by atoms with van der Waals surface area (Å²) in [6.45, 7) is 4.07. The number of aromatic amines is 1. The van der Waals surface area contributed by atoms with Gasteiger partial charge >= 0.3 is 0 Å². The van der Waals surface area contributed by atoms with Gasteiger partial charge < -0.3 is 10.2 Å². The monoisotopic (exact) mass is 303 g/mol. The van der Waals surface area contributed by atoms with Crippen LogP contribution >= 0.6 is 0 Å². The molecule has 22 heavy (non-hydrogen) atoms. The number of nitrogens with one attached hydrogen (secondary N) is 2. The van der Waals surface area contributed by atoms with E-state index in [9.17, 15) is 9.59 Å². The Morgan fingerprint density at radius 2 is 2.00 bits per heavy atom. The van der Waals surface area contributed by atoms with E-state index < -0.39 is 0 Å². The van der Waals surface area contributed by atoms with Gasteiger partial charge in [-0.05, 0) is 32.0 Å². The summed E-state index contributed by atoms with van der Waals surface area (Å²) in [4.78, 5) is 28.3. The number of hydrogen-bond donors (Lipinski definition) is 2. The number of H-pyrrole nitrogens is 1. The van der Waals surface area contributed by atoms with Gasteiger partial charge in [0.15, 0.2) is 0 Å². The first-order valence-corrected chi connectivity index (χ1v) is 8.03. The van der Waals surface area contributed by atoms with Gasteiger partial charge in [-0.15, -0.1) is 0 Å². The predicted octanol–water partition coefficient (Wildman–Crippen LogP) is -0.308. The number of aromatic nitrogens is 2. The van der Waals surface area contributed by atoms with Crippen molar-refractivity contribution in [1.29, 1.82) is 0 Å². The van der Waals surface area contributed by atoms with Crippen LogP contribution in [0.4, 0.5) is 0 Å². The van der Waals surface area contributed by atoms with E-state index in [2.05, 4.69) is 20.4 Å². The Kier molecular flexibility index (Phi) is 3.37. The third-order valence-electron chi connectivity index (χ3n) is 5.11. The number of rotatable bonds is 4. The average Bonchev–Trinajstić information content (AvgIpc) is 3.09. The van der Waals surface area contributed by atoms with Gasteiger partial charge in [0.25, 0.3) is 5.91 Å². The first-order valence-electron chi connectivity index (χ1n) is 8.03. The molecule has 0 bridgehead atoms. The lowest BCUT2D eigenvalue weighted by Crippen LogP contribution is -2.41. The molecule has 0 aromatic carbocycles. The Bertz CT molecular complexity index is 554. The third-order valence-corrected chi connectivity index (χ3v) is 5.11. The second kappa shape index (κ2) is 5.39. The fourth-order valence-electron chi connectivity index (χ4n) is 3.83. The fraction of sp³-hybridized carbons (Fsp3) is 0.667. The maximum Gasteiger partial charge on any atom is 0.271 e. The molecule has 2 N–H and O–H groups in total. The number of carbonyl (C=O) groups excluding carboxylic acids is 2. The molecule has 3 fully saturated rings. The van der Waals surface area contributed by atoms with E-state index in [1.54, 1.807) is 12.3 Å². The smallest absolute Gasteiger partial charge is 0.271 e. The molecule has 0 spiro atoms. The number of nitrogens with zero attached hydrogens (tertiary/aromatic N) is 3. The summed E-state index contributed by atoms with van der Waals surface area (Å²) in [5.74, 6) is 0.989. The number of fused-ring (bicyclic) bond motifs is 1. The van der Waals surface area contributed by atoms with Crippen LogP contribution in [-0.4, -0.2) is 70.6 Å². The Hall–Kier alpha value is -1.89. The Morgan fingerprint density at radius 1 is 1.27 bits per heavy atom. The highest BCUT2D eigenvalue weighted by atomic mass is 16.2. The molecule has 118 valence electrons. The summed E-state index contributed by atoms with van der Waals surface area (Å²) in [6, 6.07) is 1.96. The minimum atomic E-state index is 0.00634. The molecule has 1 aromatic rings. The van der Waals surface area contributed by atoms with E-state index in [1.165, 1.54) is 12.8 Å². The van der Waals surface area contributed by atoms with Crippen LogP contribution in [0.2, 0.25) is 0 Å². The van der Waals surface area contributed by atoms with Gasteiger partial charge in [-0.1, -0.05) is 0 Å². The van der Waals surface area contributed by atoms with Gasteiger partial charge in [-0.3, -0.25) is 19.6 Å². The summed E-state index contributed by atoms with van der Waals surface area (Å²) < 4.78 is 0. The molecule has 0 radical (unpaired) electrons. The summed E-state index contributed by atoms with van der Waals surface area (Å²) >= 11 is 0. The van der Waals surface area contributed by atoms with Crippen LogP contribution in [0, 0.1) is 11.8 Å². The second-order valence-corrected chi connectivity index (χ2v) is 6.58. The zero-order valence-corrected chi connectivity index (χ0v) is 12.5. The lowest BCUT2D eigenvalue weighted by molar-refractivity contribution is -0.122. The van der Waals surface area contributed by atoms with Crippen LogP contribution in [0.1, 0.15) is 23.3 Å². The van der Waals surface area contributed by atoms with Crippen molar-refractivity contribution in [3.63, 3.8) is 0 Å². The molecule has 7 heteroatoms. The number of amides is 2. The molecule has 7 nitrogen and oxygen atoms in total. The van der Waals surface area contributed by atoms with Gasteiger partial charge in [0.05, 0.1) is 6.54 Å². The highest BCUT2D eigenvalue weighted by molar-refractivity contribution is 5.92. The Balaban J connectivity index is 1.24. The second-order valence-electron chi connectivity index (χ2n) is 6.58. The van der Waals surface area contributed by atoms with Crippen molar-refractivity contribution < 1.29 is 9.59 Å². The molecule has 2 saturated heterocycles. The van der Waals surface area contributed by atoms with Crippen LogP contribution in [-0.2, 0) is 4.79 Å². The van der Waals surface area contributed by atoms with E-state index in [-0.39, 0.29) is 17.9 Å². The standard InChI is InChI=1S/C15H21N5O2/c21-13(9-19-5-1-2-6-19)17-14-10-7-20(8-11(10)14)15(22)12-3-4-16-18-12/h3-4,10-11,14H,1-2,5-9H2,(H,16,18)(H,17,21)/t10-,11-/m1/s1. The molecule has 2 amide bonds. The van der Waals surface area contributed by atoms with Crippen LogP contribution in [0.15, 0.2) is 12.3 Å². The van der Waals surface area contributed by atoms with Crippen LogP contribution in [0.3, 0.4) is 0 Å². The maximum absolute atomic E-state index is 12.2. The largest absolute Gasteiger partial charge is 0.352 e. The van der Waals surface area contributed by atoms with Gasteiger partial charge in [0.1, 0.15) is 5.69 Å². The highest BCUT2D eigenvalue weighted by Crippen LogP contribution is 2.45. The molecule has 3 aliphatic rings. The van der Waals surface area contributed by atoms with Crippen molar-refractivity contribution in [1.82, 2.24) is 25.3 Å². The molecule has 1 saturated carbocycles. The molecule has 2 aliphatic heterocycles. The van der Waals surface area contributed by atoms with Crippen molar-refractivity contribution >= 4 is 11.8 Å². The minimum Gasteiger partial charge on any atom is -0.352 e. The molecular weight excluding hydrogens is 282 g/mol. The SMILES string of the molecule is O=C(CN1CCCC1)NC1[C@@H]2CN(C(=O)c3ccn[nH]3)C[C@@H]12. The molecule has 1 aliphatic carbocycles. The zero-order valence-electron chi connectivity index (χ0n) is 12.5. The third kappa shape index (κ3) is 2.49. The molecule has 3 heterocycles. The van der Waals surface area contributed by atoms with Crippen molar-refractivity contribution in [3.05, 3.63) is 18.0 Å². The first-order chi connectivity index (χ1) is 10.7. The van der Waals surface area contributed by atoms with Gasteiger partial charge in [-0.25, -0.2) is 0 Å². The number of hydrogen-bond acceptors (Lipinski definition) is 4. The van der Waals surface area contributed by atoms with Crippen molar-refractivity contribution in [3.8, 4) is 0 Å². The normalized spacial score (nSPS) is 30.4. The first kappa shape index (κ1) is 13.8. The quantitative estimate of drug-likeness (QED) is 0.800. The zero-order chi connectivity index (χ0) is 15.1. The predicted molar refractivity (Wildman–Crippen MR) is 79.1 cm³/mol. The van der Waals surface area contributed by atoms with E-state index in [0.29, 0.717) is 24.1 Å². The Morgan fingerprint density at radius 3 is 2.64 bits per heavy atom. The number of carbonyl (C=O) groups is 2. The summed E-state index contributed by atoms with van der Waals surface area (Å²) in [5.41, 5.74) is 0.538. The summed E-state index contributed by atoms with van der Waals surface area (Å²) in [5, 5.41) is 9.66. The van der Waals surface area contributed by atoms with Gasteiger partial charge in [0.2, 0.25) is 5.91 Å². The number of piperidine rings is 1. The van der Waals surface area contributed by atoms with Crippen LogP contribution in [0.25, 0.3) is 0 Å². The average molecular weight is 303 g/mol. The van der Waals surface area contributed by atoms with E-state index in [4.69, 9.17) is 0 Å². The van der Waals surface area contributed by atoms with E-state index in [1.807, 2.05) is 4.90 Å². The highest BCUT2D eigenvalue weighted by Gasteiger charge is 2.57. The van der Waals surface area contributed by atoms with Crippen LogP contribution < -0.4 is 5.32 Å².